The van der Waals surface area contributed by atoms with E-state index in [0.717, 1.165) is 6.42 Å². The number of anilines is 1. The number of benzene rings is 1. The van der Waals surface area contributed by atoms with Crippen LogP contribution in [0.4, 0.5) is 10.5 Å². The standard InChI is InChI=1S/C14H18N2O5/c1-2-3-9(13(17)18)7-15-14(19)16-10-4-5-11-12(6-10)21-8-20-11/h4-6,9H,2-3,7-8H2,1H3,(H,17,18)(H2,15,16,19). The Kier molecular flexibility index (Phi) is 4.86. The smallest absolute Gasteiger partial charge is 0.319 e. The molecule has 1 aliphatic rings. The molecule has 1 aromatic rings. The highest BCUT2D eigenvalue weighted by Crippen LogP contribution is 2.34. The van der Waals surface area contributed by atoms with Crippen molar-refractivity contribution in [1.82, 2.24) is 5.32 Å². The zero-order valence-corrected chi connectivity index (χ0v) is 11.7. The van der Waals surface area contributed by atoms with Gasteiger partial charge in [-0.3, -0.25) is 4.79 Å². The lowest BCUT2D eigenvalue weighted by Crippen LogP contribution is -2.35. The Labute approximate surface area is 122 Å². The van der Waals surface area contributed by atoms with Gasteiger partial charge >= 0.3 is 12.0 Å². The minimum Gasteiger partial charge on any atom is -0.481 e. The third-order valence-corrected chi connectivity index (χ3v) is 3.13. The normalized spacial score (nSPS) is 13.6. The number of rotatable bonds is 6. The first kappa shape index (κ1) is 15.0. The van der Waals surface area contributed by atoms with Crippen LogP contribution in [0.15, 0.2) is 18.2 Å². The van der Waals surface area contributed by atoms with E-state index in [4.69, 9.17) is 14.6 Å². The van der Waals surface area contributed by atoms with Crippen molar-refractivity contribution in [2.45, 2.75) is 19.8 Å². The molecule has 0 aromatic heterocycles. The summed E-state index contributed by atoms with van der Waals surface area (Å²) in [5.41, 5.74) is 0.555. The zero-order chi connectivity index (χ0) is 15.2. The molecule has 7 heteroatoms. The van der Waals surface area contributed by atoms with Crippen LogP contribution in [0.3, 0.4) is 0 Å². The number of carboxylic acid groups (broad SMARTS) is 1. The van der Waals surface area contributed by atoms with E-state index in [1.54, 1.807) is 18.2 Å². The lowest BCUT2D eigenvalue weighted by Gasteiger charge is -2.13. The lowest BCUT2D eigenvalue weighted by atomic mass is 10.0. The number of carbonyl (C=O) groups excluding carboxylic acids is 1. The van der Waals surface area contributed by atoms with E-state index in [2.05, 4.69) is 10.6 Å². The van der Waals surface area contributed by atoms with Crippen LogP contribution in [0.1, 0.15) is 19.8 Å². The van der Waals surface area contributed by atoms with Crippen molar-refractivity contribution < 1.29 is 24.2 Å². The van der Waals surface area contributed by atoms with Crippen LogP contribution < -0.4 is 20.1 Å². The first-order valence-corrected chi connectivity index (χ1v) is 6.77. The van der Waals surface area contributed by atoms with Gasteiger partial charge in [-0.2, -0.15) is 0 Å². The monoisotopic (exact) mass is 294 g/mol. The molecule has 114 valence electrons. The number of aliphatic carboxylic acids is 1. The van der Waals surface area contributed by atoms with Gasteiger partial charge in [0.25, 0.3) is 0 Å². The minimum atomic E-state index is -0.903. The van der Waals surface area contributed by atoms with E-state index in [1.807, 2.05) is 6.92 Å². The first-order valence-electron chi connectivity index (χ1n) is 6.77. The van der Waals surface area contributed by atoms with Crippen LogP contribution >= 0.6 is 0 Å². The Hall–Kier alpha value is -2.44. The molecule has 1 atom stereocenters. The van der Waals surface area contributed by atoms with E-state index in [1.165, 1.54) is 0 Å². The summed E-state index contributed by atoms with van der Waals surface area (Å²) in [5.74, 6) is -0.269. The number of carbonyl (C=O) groups is 2. The Morgan fingerprint density at radius 2 is 2.10 bits per heavy atom. The number of hydrogen-bond donors (Lipinski definition) is 3. The highest BCUT2D eigenvalue weighted by molar-refractivity contribution is 5.90. The van der Waals surface area contributed by atoms with Crippen molar-refractivity contribution in [2.75, 3.05) is 18.7 Å². The van der Waals surface area contributed by atoms with Crippen molar-refractivity contribution >= 4 is 17.7 Å². The SMILES string of the molecule is CCCC(CNC(=O)Nc1ccc2c(c1)OCO2)C(=O)O. The first-order chi connectivity index (χ1) is 10.1. The van der Waals surface area contributed by atoms with Gasteiger partial charge in [-0.1, -0.05) is 13.3 Å². The Balaban J connectivity index is 1.85. The van der Waals surface area contributed by atoms with Crippen LogP contribution in [0.25, 0.3) is 0 Å². The molecule has 0 aliphatic carbocycles. The summed E-state index contributed by atoms with van der Waals surface area (Å²) in [6, 6.07) is 4.60. The van der Waals surface area contributed by atoms with Gasteiger partial charge in [-0.05, 0) is 18.6 Å². The van der Waals surface area contributed by atoms with Gasteiger partial charge in [-0.15, -0.1) is 0 Å². The summed E-state index contributed by atoms with van der Waals surface area (Å²) in [4.78, 5) is 22.7. The van der Waals surface area contributed by atoms with Crippen molar-refractivity contribution in [3.05, 3.63) is 18.2 Å². The number of hydrogen-bond acceptors (Lipinski definition) is 4. The molecule has 1 aromatic carbocycles. The van der Waals surface area contributed by atoms with Crippen LogP contribution in [0, 0.1) is 5.92 Å². The molecule has 21 heavy (non-hydrogen) atoms. The van der Waals surface area contributed by atoms with Gasteiger partial charge in [0.1, 0.15) is 0 Å². The Morgan fingerprint density at radius 3 is 2.81 bits per heavy atom. The number of fused-ring (bicyclic) bond motifs is 1. The molecule has 0 saturated heterocycles. The summed E-state index contributed by atoms with van der Waals surface area (Å²) >= 11 is 0. The predicted octanol–water partition coefficient (Wildman–Crippen LogP) is 2.04. The third-order valence-electron chi connectivity index (χ3n) is 3.13. The molecule has 1 heterocycles. The molecule has 3 N–H and O–H groups in total. The number of nitrogens with one attached hydrogen (secondary N) is 2. The highest BCUT2D eigenvalue weighted by Gasteiger charge is 2.18. The van der Waals surface area contributed by atoms with Crippen LogP contribution in [0.5, 0.6) is 11.5 Å². The highest BCUT2D eigenvalue weighted by atomic mass is 16.7. The molecular formula is C14H18N2O5. The number of urea groups is 1. The molecule has 0 spiro atoms. The summed E-state index contributed by atoms with van der Waals surface area (Å²) in [7, 11) is 0. The van der Waals surface area contributed by atoms with Crippen molar-refractivity contribution in [2.24, 2.45) is 5.92 Å². The summed E-state index contributed by atoms with van der Waals surface area (Å²) in [6.07, 6.45) is 1.28. The van der Waals surface area contributed by atoms with E-state index in [-0.39, 0.29) is 13.3 Å². The van der Waals surface area contributed by atoms with Gasteiger partial charge in [-0.25, -0.2) is 4.79 Å². The maximum atomic E-state index is 11.8. The van der Waals surface area contributed by atoms with Crippen molar-refractivity contribution in [3.63, 3.8) is 0 Å². The fraction of sp³-hybridized carbons (Fsp3) is 0.429. The lowest BCUT2D eigenvalue weighted by molar-refractivity contribution is -0.141. The minimum absolute atomic E-state index is 0.0968. The van der Waals surface area contributed by atoms with Gasteiger partial charge < -0.3 is 25.2 Å². The quantitative estimate of drug-likeness (QED) is 0.746. The molecule has 2 rings (SSSR count). The van der Waals surface area contributed by atoms with Gasteiger partial charge in [0.15, 0.2) is 11.5 Å². The van der Waals surface area contributed by atoms with E-state index in [0.29, 0.717) is 23.6 Å². The Morgan fingerprint density at radius 1 is 1.33 bits per heavy atom. The number of carboxylic acids is 1. The number of ether oxygens (including phenoxy) is 2. The molecular weight excluding hydrogens is 276 g/mol. The average molecular weight is 294 g/mol. The maximum absolute atomic E-state index is 11.8. The molecule has 2 amide bonds. The third kappa shape index (κ3) is 4.01. The van der Waals surface area contributed by atoms with Gasteiger partial charge in [0, 0.05) is 18.3 Å². The topological polar surface area (TPSA) is 96.9 Å². The van der Waals surface area contributed by atoms with Crippen LogP contribution in [-0.2, 0) is 4.79 Å². The fourth-order valence-electron chi connectivity index (χ4n) is 2.03. The van der Waals surface area contributed by atoms with Gasteiger partial charge in [0.2, 0.25) is 6.79 Å². The fourth-order valence-corrected chi connectivity index (χ4v) is 2.03. The van der Waals surface area contributed by atoms with Crippen molar-refractivity contribution in [3.8, 4) is 11.5 Å². The van der Waals surface area contributed by atoms with E-state index in [9.17, 15) is 9.59 Å². The predicted molar refractivity (Wildman–Crippen MR) is 75.6 cm³/mol. The van der Waals surface area contributed by atoms with Crippen LogP contribution in [0.2, 0.25) is 0 Å². The summed E-state index contributed by atoms with van der Waals surface area (Å²) < 4.78 is 10.4. The largest absolute Gasteiger partial charge is 0.481 e. The molecule has 1 aliphatic heterocycles. The van der Waals surface area contributed by atoms with E-state index >= 15 is 0 Å². The molecule has 0 bridgehead atoms. The second kappa shape index (κ2) is 6.83. The summed E-state index contributed by atoms with van der Waals surface area (Å²) in [6.45, 7) is 2.17. The molecule has 1 unspecified atom stereocenters. The second-order valence-electron chi connectivity index (χ2n) is 4.73. The van der Waals surface area contributed by atoms with Gasteiger partial charge in [0.05, 0.1) is 5.92 Å². The van der Waals surface area contributed by atoms with Crippen LogP contribution in [-0.4, -0.2) is 30.4 Å². The molecule has 0 radical (unpaired) electrons. The Bertz CT molecular complexity index is 532. The maximum Gasteiger partial charge on any atom is 0.319 e. The molecule has 0 fully saturated rings. The number of amides is 2. The van der Waals surface area contributed by atoms with E-state index < -0.39 is 17.9 Å². The second-order valence-corrected chi connectivity index (χ2v) is 4.73. The zero-order valence-electron chi connectivity index (χ0n) is 11.7. The molecule has 7 nitrogen and oxygen atoms in total. The van der Waals surface area contributed by atoms with Crippen molar-refractivity contribution in [1.29, 1.82) is 0 Å². The summed E-state index contributed by atoms with van der Waals surface area (Å²) in [5, 5.41) is 14.2. The average Bonchev–Trinajstić information content (AvgIpc) is 2.90. The molecule has 0 saturated carbocycles.